The first-order valence-electron chi connectivity index (χ1n) is 5.85. The van der Waals surface area contributed by atoms with Gasteiger partial charge in [0.05, 0.1) is 6.10 Å². The first-order valence-corrected chi connectivity index (χ1v) is 6.64. The van der Waals surface area contributed by atoms with Crippen LogP contribution in [-0.2, 0) is 0 Å². The molecule has 1 aliphatic carbocycles. The molecule has 1 fully saturated rings. The van der Waals surface area contributed by atoms with Gasteiger partial charge in [0.1, 0.15) is 11.4 Å². The zero-order valence-corrected chi connectivity index (χ0v) is 10.7. The van der Waals surface area contributed by atoms with E-state index >= 15 is 0 Å². The Balaban J connectivity index is 2.00. The fourth-order valence-corrected chi connectivity index (χ4v) is 3.27. The van der Waals surface area contributed by atoms with Gasteiger partial charge >= 0.3 is 0 Å². The van der Waals surface area contributed by atoms with Crippen molar-refractivity contribution in [2.45, 2.75) is 43.8 Å². The van der Waals surface area contributed by atoms with Crippen LogP contribution in [0.15, 0.2) is 22.7 Å². The van der Waals surface area contributed by atoms with E-state index < -0.39 is 0 Å². The summed E-state index contributed by atoms with van der Waals surface area (Å²) in [7, 11) is 0. The Morgan fingerprint density at radius 3 is 2.81 bits per heavy atom. The lowest BCUT2D eigenvalue weighted by Crippen LogP contribution is -2.38. The normalized spacial score (nSPS) is 26.5. The third-order valence-electron chi connectivity index (χ3n) is 3.74. The lowest BCUT2D eigenvalue weighted by Gasteiger charge is -2.38. The Kier molecular flexibility index (Phi) is 2.48. The number of fused-ring (bicyclic) bond motifs is 1. The summed E-state index contributed by atoms with van der Waals surface area (Å²) in [5, 5.41) is 10.2. The van der Waals surface area contributed by atoms with Crippen molar-refractivity contribution in [2.75, 3.05) is 0 Å². The van der Waals surface area contributed by atoms with Crippen LogP contribution in [0.2, 0.25) is 0 Å². The molecular formula is C13H15BrO2. The highest BCUT2D eigenvalue weighted by Gasteiger charge is 2.42. The summed E-state index contributed by atoms with van der Waals surface area (Å²) in [4.78, 5) is 0. The van der Waals surface area contributed by atoms with Crippen molar-refractivity contribution in [3.8, 4) is 5.75 Å². The molecule has 1 N–H and O–H groups in total. The van der Waals surface area contributed by atoms with Crippen molar-refractivity contribution < 1.29 is 9.84 Å². The smallest absolute Gasteiger partial charge is 0.127 e. The quantitative estimate of drug-likeness (QED) is 0.788. The van der Waals surface area contributed by atoms with E-state index in [1.54, 1.807) is 0 Å². The van der Waals surface area contributed by atoms with Crippen LogP contribution in [0.25, 0.3) is 0 Å². The number of hydrogen-bond donors (Lipinski definition) is 1. The average molecular weight is 283 g/mol. The summed E-state index contributed by atoms with van der Waals surface area (Å²) >= 11 is 3.45. The van der Waals surface area contributed by atoms with Crippen LogP contribution in [0.4, 0.5) is 0 Å². The van der Waals surface area contributed by atoms with Gasteiger partial charge in [-0.2, -0.15) is 0 Å². The van der Waals surface area contributed by atoms with Crippen molar-refractivity contribution in [2.24, 2.45) is 0 Å². The molecule has 16 heavy (non-hydrogen) atoms. The predicted molar refractivity (Wildman–Crippen MR) is 65.5 cm³/mol. The minimum atomic E-state index is -0.366. The predicted octanol–water partition coefficient (Wildman–Crippen LogP) is 3.58. The van der Waals surface area contributed by atoms with Crippen molar-refractivity contribution in [1.29, 1.82) is 0 Å². The van der Waals surface area contributed by atoms with Gasteiger partial charge in [-0.3, -0.25) is 0 Å². The standard InChI is InChI=1S/C13H15BrO2/c14-9-3-4-10-11(15)8-13(5-1-2-6-13)16-12(10)7-9/h3-4,7,11,15H,1-2,5-6,8H2/t11-/m0/s1. The summed E-state index contributed by atoms with van der Waals surface area (Å²) in [6.07, 6.45) is 4.98. The van der Waals surface area contributed by atoms with Crippen LogP contribution in [0, 0.1) is 0 Å². The monoisotopic (exact) mass is 282 g/mol. The zero-order chi connectivity index (χ0) is 11.2. The highest BCUT2D eigenvalue weighted by molar-refractivity contribution is 9.10. The van der Waals surface area contributed by atoms with Crippen molar-refractivity contribution >= 4 is 15.9 Å². The molecule has 2 aliphatic rings. The van der Waals surface area contributed by atoms with Gasteiger partial charge in [0, 0.05) is 16.5 Å². The minimum absolute atomic E-state index is 0.0901. The first-order chi connectivity index (χ1) is 7.69. The van der Waals surface area contributed by atoms with Crippen molar-refractivity contribution in [3.05, 3.63) is 28.2 Å². The van der Waals surface area contributed by atoms with Crippen LogP contribution >= 0.6 is 15.9 Å². The van der Waals surface area contributed by atoms with Gasteiger partial charge in [-0.15, -0.1) is 0 Å². The van der Waals surface area contributed by atoms with Gasteiger partial charge in [-0.25, -0.2) is 0 Å². The first kappa shape index (κ1) is 10.6. The SMILES string of the molecule is O[C@H]1CC2(CCCC2)Oc2cc(Br)ccc21. The largest absolute Gasteiger partial charge is 0.487 e. The maximum atomic E-state index is 10.2. The van der Waals surface area contributed by atoms with E-state index in [1.807, 2.05) is 18.2 Å². The van der Waals surface area contributed by atoms with Gasteiger partial charge in [-0.05, 0) is 37.8 Å². The summed E-state index contributed by atoms with van der Waals surface area (Å²) in [6, 6.07) is 5.88. The lowest BCUT2D eigenvalue weighted by molar-refractivity contribution is -0.00943. The van der Waals surface area contributed by atoms with Crippen LogP contribution < -0.4 is 4.74 Å². The Morgan fingerprint density at radius 2 is 2.06 bits per heavy atom. The number of ether oxygens (including phenoxy) is 1. The molecule has 0 bridgehead atoms. The number of aliphatic hydroxyl groups excluding tert-OH is 1. The van der Waals surface area contributed by atoms with Gasteiger partial charge < -0.3 is 9.84 Å². The topological polar surface area (TPSA) is 29.5 Å². The molecule has 2 nitrogen and oxygen atoms in total. The Morgan fingerprint density at radius 1 is 1.31 bits per heavy atom. The third kappa shape index (κ3) is 1.66. The molecule has 1 aromatic carbocycles. The second-order valence-corrected chi connectivity index (χ2v) is 5.81. The minimum Gasteiger partial charge on any atom is -0.487 e. The fraction of sp³-hybridized carbons (Fsp3) is 0.538. The molecule has 1 aromatic rings. The van der Waals surface area contributed by atoms with Crippen LogP contribution in [0.3, 0.4) is 0 Å². The molecule has 0 radical (unpaired) electrons. The second kappa shape index (κ2) is 3.74. The van der Waals surface area contributed by atoms with Gasteiger partial charge in [0.15, 0.2) is 0 Å². The molecule has 1 aliphatic heterocycles. The Hall–Kier alpha value is -0.540. The van der Waals surface area contributed by atoms with Crippen LogP contribution in [0.5, 0.6) is 5.75 Å². The number of aliphatic hydroxyl groups is 1. The highest BCUT2D eigenvalue weighted by atomic mass is 79.9. The van der Waals surface area contributed by atoms with Gasteiger partial charge in [0.25, 0.3) is 0 Å². The van der Waals surface area contributed by atoms with E-state index in [4.69, 9.17) is 4.74 Å². The molecular weight excluding hydrogens is 268 g/mol. The third-order valence-corrected chi connectivity index (χ3v) is 4.23. The zero-order valence-electron chi connectivity index (χ0n) is 9.08. The van der Waals surface area contributed by atoms with E-state index in [2.05, 4.69) is 15.9 Å². The molecule has 0 amide bonds. The van der Waals surface area contributed by atoms with E-state index in [-0.39, 0.29) is 11.7 Å². The molecule has 1 heterocycles. The van der Waals surface area contributed by atoms with E-state index in [9.17, 15) is 5.11 Å². The van der Waals surface area contributed by atoms with Gasteiger partial charge in [0.2, 0.25) is 0 Å². The molecule has 0 unspecified atom stereocenters. The van der Waals surface area contributed by atoms with Crippen molar-refractivity contribution in [3.63, 3.8) is 0 Å². The summed E-state index contributed by atoms with van der Waals surface area (Å²) < 4.78 is 7.15. The number of hydrogen-bond acceptors (Lipinski definition) is 2. The summed E-state index contributed by atoms with van der Waals surface area (Å²) in [5.74, 6) is 0.857. The van der Waals surface area contributed by atoms with Crippen LogP contribution in [-0.4, -0.2) is 10.7 Å². The molecule has 1 atom stereocenters. The second-order valence-electron chi connectivity index (χ2n) is 4.89. The summed E-state index contributed by atoms with van der Waals surface area (Å²) in [6.45, 7) is 0. The Labute approximate surface area is 104 Å². The molecule has 3 rings (SSSR count). The maximum absolute atomic E-state index is 10.2. The molecule has 86 valence electrons. The molecule has 3 heteroatoms. The number of rotatable bonds is 0. The van der Waals surface area contributed by atoms with Crippen LogP contribution in [0.1, 0.15) is 43.8 Å². The molecule has 0 saturated heterocycles. The van der Waals surface area contributed by atoms with E-state index in [0.717, 1.165) is 35.0 Å². The average Bonchev–Trinajstić information content (AvgIpc) is 2.65. The number of benzene rings is 1. The van der Waals surface area contributed by atoms with E-state index in [1.165, 1.54) is 12.8 Å². The fourth-order valence-electron chi connectivity index (χ4n) is 2.93. The Bertz CT molecular complexity index is 410. The lowest BCUT2D eigenvalue weighted by atomic mass is 9.87. The molecule has 1 saturated carbocycles. The molecule has 1 spiro atoms. The highest BCUT2D eigenvalue weighted by Crippen LogP contribution is 2.47. The van der Waals surface area contributed by atoms with E-state index in [0.29, 0.717) is 0 Å². The summed E-state index contributed by atoms with van der Waals surface area (Å²) in [5.41, 5.74) is 0.841. The van der Waals surface area contributed by atoms with Crippen molar-refractivity contribution in [1.82, 2.24) is 0 Å². The maximum Gasteiger partial charge on any atom is 0.127 e. The van der Waals surface area contributed by atoms with Gasteiger partial charge in [-0.1, -0.05) is 22.0 Å². The molecule has 0 aromatic heterocycles. The number of halogens is 1.